The second-order valence-corrected chi connectivity index (χ2v) is 3.66. The lowest BCUT2D eigenvalue weighted by Gasteiger charge is -2.08. The summed E-state index contributed by atoms with van der Waals surface area (Å²) in [4.78, 5) is 4.12. The molecule has 0 unspecified atom stereocenters. The fourth-order valence-electron chi connectivity index (χ4n) is 1.25. The largest absolute Gasteiger partial charge is 0.314 e. The van der Waals surface area contributed by atoms with Gasteiger partial charge in [0.15, 0.2) is 0 Å². The van der Waals surface area contributed by atoms with Crippen molar-refractivity contribution in [3.63, 3.8) is 0 Å². The number of hydrogen-bond acceptors (Lipinski definition) is 2. The van der Waals surface area contributed by atoms with E-state index < -0.39 is 0 Å². The molecular formula is C11H18N2. The molecule has 1 heterocycles. The Balaban J connectivity index is 2.41. The predicted octanol–water partition coefficient (Wildman–Crippen LogP) is 1.93. The first-order valence-corrected chi connectivity index (χ1v) is 4.83. The van der Waals surface area contributed by atoms with Crippen LogP contribution >= 0.6 is 0 Å². The molecule has 2 nitrogen and oxygen atoms in total. The van der Waals surface area contributed by atoms with Gasteiger partial charge >= 0.3 is 0 Å². The lowest BCUT2D eigenvalue weighted by atomic mass is 10.1. The monoisotopic (exact) mass is 178 g/mol. The van der Waals surface area contributed by atoms with Crippen LogP contribution in [0.15, 0.2) is 18.5 Å². The van der Waals surface area contributed by atoms with Crippen LogP contribution in [-0.4, -0.2) is 17.6 Å². The van der Waals surface area contributed by atoms with Crippen LogP contribution in [0.1, 0.15) is 25.0 Å². The summed E-state index contributed by atoms with van der Waals surface area (Å²) < 4.78 is 0. The van der Waals surface area contributed by atoms with Crippen molar-refractivity contribution in [1.82, 2.24) is 10.3 Å². The predicted molar refractivity (Wildman–Crippen MR) is 55.8 cm³/mol. The van der Waals surface area contributed by atoms with Crippen LogP contribution in [0.4, 0.5) is 0 Å². The van der Waals surface area contributed by atoms with Gasteiger partial charge in [0.05, 0.1) is 0 Å². The molecule has 1 N–H and O–H groups in total. The minimum atomic E-state index is 0.567. The zero-order valence-corrected chi connectivity index (χ0v) is 8.67. The molecule has 0 spiro atoms. The zero-order chi connectivity index (χ0) is 9.68. The smallest absolute Gasteiger partial charge is 0.0302 e. The Hall–Kier alpha value is -0.890. The van der Waals surface area contributed by atoms with E-state index in [-0.39, 0.29) is 0 Å². The maximum atomic E-state index is 4.12. The Morgan fingerprint density at radius 1 is 1.46 bits per heavy atom. The summed E-state index contributed by atoms with van der Waals surface area (Å²) in [5.41, 5.74) is 2.68. The molecule has 1 rings (SSSR count). The van der Waals surface area contributed by atoms with Crippen molar-refractivity contribution in [2.24, 2.45) is 0 Å². The van der Waals surface area contributed by atoms with E-state index >= 15 is 0 Å². The van der Waals surface area contributed by atoms with Gasteiger partial charge in [0.2, 0.25) is 0 Å². The molecule has 2 heteroatoms. The van der Waals surface area contributed by atoms with Gasteiger partial charge in [-0.25, -0.2) is 0 Å². The van der Waals surface area contributed by atoms with E-state index in [2.05, 4.69) is 37.1 Å². The number of rotatable bonds is 4. The summed E-state index contributed by atoms with van der Waals surface area (Å²) >= 11 is 0. The van der Waals surface area contributed by atoms with Gasteiger partial charge in [-0.05, 0) is 37.1 Å². The maximum Gasteiger partial charge on any atom is 0.0302 e. The highest BCUT2D eigenvalue weighted by atomic mass is 14.9. The molecule has 0 atom stereocenters. The minimum absolute atomic E-state index is 0.567. The number of hydrogen-bond donors (Lipinski definition) is 1. The third-order valence-corrected chi connectivity index (χ3v) is 2.09. The summed E-state index contributed by atoms with van der Waals surface area (Å²) in [6.45, 7) is 7.49. The van der Waals surface area contributed by atoms with Gasteiger partial charge in [-0.1, -0.05) is 13.8 Å². The molecule has 0 aliphatic heterocycles. The van der Waals surface area contributed by atoms with Crippen LogP contribution in [0, 0.1) is 6.92 Å². The molecule has 0 aliphatic rings. The van der Waals surface area contributed by atoms with Crippen LogP contribution < -0.4 is 5.32 Å². The van der Waals surface area contributed by atoms with E-state index in [1.165, 1.54) is 11.1 Å². The summed E-state index contributed by atoms with van der Waals surface area (Å²) in [6, 6.07) is 2.63. The summed E-state index contributed by atoms with van der Waals surface area (Å²) in [5.74, 6) is 0. The van der Waals surface area contributed by atoms with E-state index in [0.717, 1.165) is 13.0 Å². The van der Waals surface area contributed by atoms with Gasteiger partial charge in [-0.2, -0.15) is 0 Å². The molecule has 0 amide bonds. The molecule has 0 aliphatic carbocycles. The third kappa shape index (κ3) is 3.55. The van der Waals surface area contributed by atoms with Crippen molar-refractivity contribution >= 4 is 0 Å². The molecule has 0 aromatic carbocycles. The van der Waals surface area contributed by atoms with Crippen LogP contribution in [-0.2, 0) is 6.42 Å². The van der Waals surface area contributed by atoms with Gasteiger partial charge in [0, 0.05) is 18.4 Å². The topological polar surface area (TPSA) is 24.9 Å². The van der Waals surface area contributed by atoms with E-state index in [0.29, 0.717) is 6.04 Å². The number of aryl methyl sites for hydroxylation is 1. The van der Waals surface area contributed by atoms with Crippen molar-refractivity contribution in [2.75, 3.05) is 6.54 Å². The lowest BCUT2D eigenvalue weighted by Crippen LogP contribution is -2.25. The molecule has 0 fully saturated rings. The van der Waals surface area contributed by atoms with E-state index in [4.69, 9.17) is 0 Å². The second kappa shape index (κ2) is 4.97. The summed E-state index contributed by atoms with van der Waals surface area (Å²) in [5, 5.41) is 3.39. The van der Waals surface area contributed by atoms with Crippen molar-refractivity contribution < 1.29 is 0 Å². The van der Waals surface area contributed by atoms with E-state index in [1.54, 1.807) is 0 Å². The van der Waals surface area contributed by atoms with E-state index in [1.807, 2.05) is 12.4 Å². The van der Waals surface area contributed by atoms with Crippen LogP contribution in [0.5, 0.6) is 0 Å². The molecule has 13 heavy (non-hydrogen) atoms. The van der Waals surface area contributed by atoms with Crippen molar-refractivity contribution in [2.45, 2.75) is 33.2 Å². The first kappa shape index (κ1) is 10.2. The van der Waals surface area contributed by atoms with E-state index in [9.17, 15) is 0 Å². The molecule has 1 aromatic heterocycles. The highest BCUT2D eigenvalue weighted by molar-refractivity contribution is 5.21. The molecule has 72 valence electrons. The Morgan fingerprint density at radius 3 is 2.85 bits per heavy atom. The first-order chi connectivity index (χ1) is 6.20. The molecule has 0 saturated heterocycles. The average molecular weight is 178 g/mol. The Morgan fingerprint density at radius 2 is 2.23 bits per heavy atom. The van der Waals surface area contributed by atoms with Gasteiger partial charge in [-0.15, -0.1) is 0 Å². The molecule has 0 radical (unpaired) electrons. The first-order valence-electron chi connectivity index (χ1n) is 4.83. The SMILES string of the molecule is Cc1ccncc1CCNC(C)C. The maximum absolute atomic E-state index is 4.12. The number of nitrogens with one attached hydrogen (secondary N) is 1. The van der Waals surface area contributed by atoms with Gasteiger partial charge < -0.3 is 5.32 Å². The van der Waals surface area contributed by atoms with Crippen molar-refractivity contribution in [3.05, 3.63) is 29.6 Å². The zero-order valence-electron chi connectivity index (χ0n) is 8.67. The normalized spacial score (nSPS) is 10.8. The number of pyridine rings is 1. The number of nitrogens with zero attached hydrogens (tertiary/aromatic N) is 1. The Kier molecular flexibility index (Phi) is 3.90. The minimum Gasteiger partial charge on any atom is -0.314 e. The fourth-order valence-corrected chi connectivity index (χ4v) is 1.25. The molecule has 1 aromatic rings. The van der Waals surface area contributed by atoms with Crippen LogP contribution in [0.25, 0.3) is 0 Å². The van der Waals surface area contributed by atoms with Gasteiger partial charge in [-0.3, -0.25) is 4.98 Å². The molecule has 0 bridgehead atoms. The average Bonchev–Trinajstić information content (AvgIpc) is 2.08. The van der Waals surface area contributed by atoms with Crippen molar-refractivity contribution in [1.29, 1.82) is 0 Å². The second-order valence-electron chi connectivity index (χ2n) is 3.66. The fraction of sp³-hybridized carbons (Fsp3) is 0.545. The van der Waals surface area contributed by atoms with Crippen LogP contribution in [0.3, 0.4) is 0 Å². The highest BCUT2D eigenvalue weighted by Crippen LogP contribution is 2.04. The third-order valence-electron chi connectivity index (χ3n) is 2.09. The Labute approximate surface area is 80.4 Å². The summed E-state index contributed by atoms with van der Waals surface area (Å²) in [7, 11) is 0. The number of aromatic nitrogens is 1. The van der Waals surface area contributed by atoms with Gasteiger partial charge in [0.1, 0.15) is 0 Å². The standard InChI is InChI=1S/C11H18N2/c1-9(2)13-7-5-11-8-12-6-4-10(11)3/h4,6,8-9,13H,5,7H2,1-3H3. The molecular weight excluding hydrogens is 160 g/mol. The van der Waals surface area contributed by atoms with Gasteiger partial charge in [0.25, 0.3) is 0 Å². The lowest BCUT2D eigenvalue weighted by molar-refractivity contribution is 0.589. The Bertz CT molecular complexity index is 256. The van der Waals surface area contributed by atoms with Crippen molar-refractivity contribution in [3.8, 4) is 0 Å². The summed E-state index contributed by atoms with van der Waals surface area (Å²) in [6.07, 6.45) is 4.86. The molecule has 0 saturated carbocycles. The highest BCUT2D eigenvalue weighted by Gasteiger charge is 1.97. The van der Waals surface area contributed by atoms with Crippen LogP contribution in [0.2, 0.25) is 0 Å². The quantitative estimate of drug-likeness (QED) is 0.762.